The molecule has 0 aromatic rings. The van der Waals surface area contributed by atoms with Crippen molar-refractivity contribution in [1.82, 2.24) is 0 Å². The number of ether oxygens (including phenoxy) is 1. The third-order valence-electron chi connectivity index (χ3n) is 6.23. The van der Waals surface area contributed by atoms with Gasteiger partial charge in [0, 0.05) is 5.92 Å². The third-order valence-corrected chi connectivity index (χ3v) is 6.23. The summed E-state index contributed by atoms with van der Waals surface area (Å²) in [6.07, 6.45) is 6.37. The van der Waals surface area contributed by atoms with Crippen molar-refractivity contribution >= 4 is 0 Å². The molecule has 0 aliphatic heterocycles. The van der Waals surface area contributed by atoms with E-state index in [4.69, 9.17) is 4.74 Å². The molecule has 0 aromatic heterocycles. The summed E-state index contributed by atoms with van der Waals surface area (Å²) in [6.45, 7) is 13.8. The molecule has 2 saturated carbocycles. The monoisotopic (exact) mass is 310 g/mol. The average molecular weight is 311 g/mol. The second kappa shape index (κ2) is 7.66. The van der Waals surface area contributed by atoms with Crippen LogP contribution in [0.3, 0.4) is 0 Å². The lowest BCUT2D eigenvalue weighted by Crippen LogP contribution is -2.47. The number of hydrogen-bond acceptors (Lipinski definition) is 2. The van der Waals surface area contributed by atoms with Gasteiger partial charge in [-0.3, -0.25) is 0 Å². The predicted molar refractivity (Wildman–Crippen MR) is 92.7 cm³/mol. The molecule has 2 aliphatic rings. The maximum absolute atomic E-state index is 10.6. The average Bonchev–Trinajstić information content (AvgIpc) is 2.36. The summed E-state index contributed by atoms with van der Waals surface area (Å²) in [5, 5.41) is 10.6. The van der Waals surface area contributed by atoms with E-state index in [9.17, 15) is 5.11 Å². The van der Waals surface area contributed by atoms with Gasteiger partial charge in [-0.2, -0.15) is 0 Å². The maximum Gasteiger partial charge on any atom is 0.0636 e. The largest absolute Gasteiger partial charge is 0.393 e. The second-order valence-electron chi connectivity index (χ2n) is 9.00. The van der Waals surface area contributed by atoms with Crippen LogP contribution in [0.5, 0.6) is 0 Å². The summed E-state index contributed by atoms with van der Waals surface area (Å²) in [4.78, 5) is 0. The van der Waals surface area contributed by atoms with Crippen LogP contribution in [0.15, 0.2) is 0 Å². The lowest BCUT2D eigenvalue weighted by molar-refractivity contribution is -0.150. The van der Waals surface area contributed by atoms with Gasteiger partial charge >= 0.3 is 0 Å². The van der Waals surface area contributed by atoms with Gasteiger partial charge < -0.3 is 9.84 Å². The molecule has 22 heavy (non-hydrogen) atoms. The normalized spacial score (nSPS) is 43.8. The molecule has 2 heteroatoms. The summed E-state index contributed by atoms with van der Waals surface area (Å²) in [7, 11) is 0. The Morgan fingerprint density at radius 3 is 2.05 bits per heavy atom. The highest BCUT2D eigenvalue weighted by atomic mass is 16.5. The van der Waals surface area contributed by atoms with E-state index in [0.717, 1.165) is 18.8 Å². The van der Waals surface area contributed by atoms with Crippen molar-refractivity contribution in [2.45, 2.75) is 92.0 Å². The van der Waals surface area contributed by atoms with Gasteiger partial charge in [0.25, 0.3) is 0 Å². The molecule has 0 spiro atoms. The fourth-order valence-corrected chi connectivity index (χ4v) is 4.98. The Kier molecular flexibility index (Phi) is 6.36. The molecule has 130 valence electrons. The molecule has 2 rings (SSSR count). The van der Waals surface area contributed by atoms with Crippen LogP contribution in [-0.2, 0) is 4.74 Å². The van der Waals surface area contributed by atoms with E-state index in [1.165, 1.54) is 19.3 Å². The van der Waals surface area contributed by atoms with Gasteiger partial charge in [-0.15, -0.1) is 0 Å². The van der Waals surface area contributed by atoms with Crippen LogP contribution in [0.2, 0.25) is 0 Å². The summed E-state index contributed by atoms with van der Waals surface area (Å²) >= 11 is 0. The Morgan fingerprint density at radius 1 is 0.818 bits per heavy atom. The van der Waals surface area contributed by atoms with Crippen molar-refractivity contribution in [1.29, 1.82) is 0 Å². The minimum Gasteiger partial charge on any atom is -0.393 e. The van der Waals surface area contributed by atoms with Gasteiger partial charge in [-0.1, -0.05) is 48.0 Å². The summed E-state index contributed by atoms with van der Waals surface area (Å²) in [6, 6.07) is 0. The zero-order valence-electron chi connectivity index (χ0n) is 15.6. The number of hydrogen-bond donors (Lipinski definition) is 1. The second-order valence-corrected chi connectivity index (χ2v) is 9.00. The Hall–Kier alpha value is -0.0800. The zero-order chi connectivity index (χ0) is 16.4. The fraction of sp³-hybridized carbons (Fsp3) is 1.00. The Bertz CT molecular complexity index is 339. The van der Waals surface area contributed by atoms with E-state index < -0.39 is 0 Å². The molecule has 0 amide bonds. The number of rotatable bonds is 4. The van der Waals surface area contributed by atoms with Crippen molar-refractivity contribution in [3.63, 3.8) is 0 Å². The van der Waals surface area contributed by atoms with Crippen molar-refractivity contribution in [3.8, 4) is 0 Å². The third kappa shape index (κ3) is 4.26. The molecule has 0 aromatic carbocycles. The molecular formula is C20H38O2. The summed E-state index contributed by atoms with van der Waals surface area (Å²) in [5.74, 6) is 3.54. The van der Waals surface area contributed by atoms with Crippen molar-refractivity contribution in [2.75, 3.05) is 0 Å². The van der Waals surface area contributed by atoms with Crippen LogP contribution < -0.4 is 0 Å². The smallest absolute Gasteiger partial charge is 0.0636 e. The van der Waals surface area contributed by atoms with Crippen LogP contribution in [0.4, 0.5) is 0 Å². The molecule has 2 fully saturated rings. The lowest BCUT2D eigenvalue weighted by Gasteiger charge is -2.45. The molecule has 0 saturated heterocycles. The molecule has 0 radical (unpaired) electrons. The number of aliphatic hydroxyl groups is 1. The molecule has 4 unspecified atom stereocenters. The number of aliphatic hydroxyl groups excluding tert-OH is 1. The topological polar surface area (TPSA) is 29.5 Å². The highest BCUT2D eigenvalue weighted by Crippen LogP contribution is 2.41. The SMILES string of the molecule is CC1CC[C@H](C(C)C)C(OC2C[C@@H](C)C[C@@H](O)C2C(C)C)C1. The van der Waals surface area contributed by atoms with Crippen LogP contribution in [0.1, 0.15) is 73.6 Å². The van der Waals surface area contributed by atoms with Gasteiger partial charge in [0.05, 0.1) is 18.3 Å². The first-order valence-electron chi connectivity index (χ1n) is 9.63. The Balaban J connectivity index is 2.10. The van der Waals surface area contributed by atoms with Crippen molar-refractivity contribution in [3.05, 3.63) is 0 Å². The summed E-state index contributed by atoms with van der Waals surface area (Å²) < 4.78 is 6.73. The van der Waals surface area contributed by atoms with Crippen molar-refractivity contribution in [2.24, 2.45) is 35.5 Å². The van der Waals surface area contributed by atoms with Crippen LogP contribution in [-0.4, -0.2) is 23.4 Å². The minimum absolute atomic E-state index is 0.188. The molecule has 0 heterocycles. The van der Waals surface area contributed by atoms with Gasteiger partial charge in [0.15, 0.2) is 0 Å². The summed E-state index contributed by atoms with van der Waals surface area (Å²) in [5.41, 5.74) is 0. The van der Waals surface area contributed by atoms with E-state index >= 15 is 0 Å². The highest BCUT2D eigenvalue weighted by molar-refractivity contribution is 4.90. The molecule has 2 nitrogen and oxygen atoms in total. The van der Waals surface area contributed by atoms with Gasteiger partial charge in [-0.25, -0.2) is 0 Å². The van der Waals surface area contributed by atoms with Crippen molar-refractivity contribution < 1.29 is 9.84 Å². The fourth-order valence-electron chi connectivity index (χ4n) is 4.98. The molecular weight excluding hydrogens is 272 g/mol. The maximum atomic E-state index is 10.6. The zero-order valence-corrected chi connectivity index (χ0v) is 15.6. The molecule has 7 atom stereocenters. The van der Waals surface area contributed by atoms with Crippen LogP contribution >= 0.6 is 0 Å². The van der Waals surface area contributed by atoms with E-state index in [1.807, 2.05) is 0 Å². The van der Waals surface area contributed by atoms with Gasteiger partial charge in [0.2, 0.25) is 0 Å². The molecule has 2 aliphatic carbocycles. The first-order valence-corrected chi connectivity index (χ1v) is 9.63. The van der Waals surface area contributed by atoms with E-state index in [0.29, 0.717) is 35.7 Å². The highest BCUT2D eigenvalue weighted by Gasteiger charge is 2.41. The van der Waals surface area contributed by atoms with E-state index in [2.05, 4.69) is 41.5 Å². The molecule has 1 N–H and O–H groups in total. The quantitative estimate of drug-likeness (QED) is 0.800. The first-order chi connectivity index (χ1) is 10.3. The van der Waals surface area contributed by atoms with Gasteiger partial charge in [0.1, 0.15) is 0 Å². The van der Waals surface area contributed by atoms with Gasteiger partial charge in [-0.05, 0) is 55.3 Å². The first kappa shape index (κ1) is 18.3. The predicted octanol–water partition coefficient (Wildman–Crippen LogP) is 4.90. The standard InChI is InChI=1S/C20H38O2/c1-12(2)16-8-7-14(5)10-18(16)22-19-11-15(6)9-17(21)20(19)13(3)4/h12-21H,7-11H2,1-6H3/t14?,15-,16+,17+,18?,19?,20?/m0/s1. The Morgan fingerprint density at radius 2 is 1.45 bits per heavy atom. The van der Waals surface area contributed by atoms with Crippen LogP contribution in [0.25, 0.3) is 0 Å². The molecule has 0 bridgehead atoms. The van der Waals surface area contributed by atoms with E-state index in [1.54, 1.807) is 0 Å². The van der Waals surface area contributed by atoms with E-state index in [-0.39, 0.29) is 12.2 Å². The van der Waals surface area contributed by atoms with Crippen LogP contribution in [0, 0.1) is 35.5 Å². The lowest BCUT2D eigenvalue weighted by atomic mass is 9.72. The minimum atomic E-state index is -0.188. The Labute approximate surface area is 138 Å².